The molecule has 1 aliphatic heterocycles. The second-order valence-electron chi connectivity index (χ2n) is 7.15. The summed E-state index contributed by atoms with van der Waals surface area (Å²) >= 11 is 5.23. The number of hydrogen-bond acceptors (Lipinski definition) is 9. The number of carbonyl (C=O) groups excluding carboxylic acids is 3. The lowest BCUT2D eigenvalue weighted by Crippen LogP contribution is -2.40. The Hall–Kier alpha value is -2.86. The van der Waals surface area contributed by atoms with E-state index in [9.17, 15) is 23.2 Å². The van der Waals surface area contributed by atoms with Gasteiger partial charge in [0.05, 0.1) is 11.9 Å². The Labute approximate surface area is 185 Å². The summed E-state index contributed by atoms with van der Waals surface area (Å²) in [7, 11) is 0. The molecule has 0 unspecified atom stereocenters. The van der Waals surface area contributed by atoms with Gasteiger partial charge in [-0.2, -0.15) is 8.78 Å². The summed E-state index contributed by atoms with van der Waals surface area (Å²) in [6.45, 7) is 4.65. The van der Waals surface area contributed by atoms with Crippen LogP contribution in [0, 0.1) is 6.92 Å². The highest BCUT2D eigenvalue weighted by atomic mass is 35.5. The van der Waals surface area contributed by atoms with Gasteiger partial charge in [0.15, 0.2) is 24.1 Å². The number of carbonyl (C=O) groups is 3. The molecule has 3 rings (SSSR count). The minimum atomic E-state index is -3.71. The minimum absolute atomic E-state index is 0.0165. The number of aromatic nitrogens is 3. The van der Waals surface area contributed by atoms with E-state index < -0.39 is 53.4 Å². The predicted molar refractivity (Wildman–Crippen MR) is 104 cm³/mol. The predicted octanol–water partition coefficient (Wildman–Crippen LogP) is 2.35. The van der Waals surface area contributed by atoms with Gasteiger partial charge in [0.1, 0.15) is 18.2 Å². The van der Waals surface area contributed by atoms with Crippen LogP contribution < -0.4 is 0 Å². The third-order valence-electron chi connectivity index (χ3n) is 4.58. The lowest BCUT2D eigenvalue weighted by atomic mass is 10.1. The fourth-order valence-electron chi connectivity index (χ4n) is 3.45. The summed E-state index contributed by atoms with van der Waals surface area (Å²) in [5.74, 6) is -2.02. The zero-order valence-corrected chi connectivity index (χ0v) is 18.3. The number of pyridine rings is 1. The van der Waals surface area contributed by atoms with Crippen molar-refractivity contribution >= 4 is 40.7 Å². The van der Waals surface area contributed by atoms with E-state index in [1.807, 2.05) is 0 Å². The Morgan fingerprint density at radius 2 is 1.78 bits per heavy atom. The second kappa shape index (κ2) is 8.94. The first kappa shape index (κ1) is 23.8. The van der Waals surface area contributed by atoms with E-state index in [0.717, 1.165) is 19.9 Å². The van der Waals surface area contributed by atoms with Gasteiger partial charge in [-0.1, -0.05) is 0 Å². The van der Waals surface area contributed by atoms with Crippen molar-refractivity contribution in [2.75, 3.05) is 6.61 Å². The molecular formula is C19H20ClF2N3O7. The van der Waals surface area contributed by atoms with Gasteiger partial charge in [-0.3, -0.25) is 19.0 Å². The molecule has 0 radical (unpaired) electrons. The molecule has 0 N–H and O–H groups in total. The molecule has 2 aromatic heterocycles. The van der Waals surface area contributed by atoms with Gasteiger partial charge in [-0.25, -0.2) is 9.97 Å². The maximum absolute atomic E-state index is 13.9. The average molecular weight is 476 g/mol. The van der Waals surface area contributed by atoms with Gasteiger partial charge < -0.3 is 18.9 Å². The second-order valence-corrected chi connectivity index (χ2v) is 7.62. The zero-order chi connectivity index (χ0) is 23.8. The Bertz CT molecular complexity index is 1060. The van der Waals surface area contributed by atoms with Crippen molar-refractivity contribution in [1.29, 1.82) is 0 Å². The number of imidazole rings is 1. The number of nitrogens with zero attached hydrogens (tertiary/aromatic N) is 3. The smallest absolute Gasteiger partial charge is 0.350 e. The summed E-state index contributed by atoms with van der Waals surface area (Å²) in [5.41, 5.74) is -0.537. The molecule has 0 amide bonds. The molecule has 0 saturated carbocycles. The molecule has 1 saturated heterocycles. The quantitative estimate of drug-likeness (QED) is 0.352. The molecule has 0 spiro atoms. The molecule has 2 aromatic rings. The van der Waals surface area contributed by atoms with Gasteiger partial charge in [-0.15, -0.1) is 0 Å². The van der Waals surface area contributed by atoms with Gasteiger partial charge >= 0.3 is 23.3 Å². The molecule has 32 heavy (non-hydrogen) atoms. The third-order valence-corrected chi connectivity index (χ3v) is 4.78. The van der Waals surface area contributed by atoms with Crippen LogP contribution in [-0.2, 0) is 38.7 Å². The van der Waals surface area contributed by atoms with Crippen LogP contribution in [0.5, 0.6) is 0 Å². The molecule has 0 aromatic carbocycles. The Morgan fingerprint density at radius 1 is 1.16 bits per heavy atom. The number of alkyl halides is 3. The largest absolute Gasteiger partial charge is 0.463 e. The van der Waals surface area contributed by atoms with Gasteiger partial charge in [0.25, 0.3) is 0 Å². The maximum Gasteiger partial charge on any atom is 0.350 e. The third kappa shape index (κ3) is 4.96. The Kier molecular flexibility index (Phi) is 6.65. The van der Waals surface area contributed by atoms with Crippen LogP contribution in [0.4, 0.5) is 8.78 Å². The highest BCUT2D eigenvalue weighted by molar-refractivity contribution is 6.22. The normalized spacial score (nSPS) is 23.2. The topological polar surface area (TPSA) is 119 Å². The van der Waals surface area contributed by atoms with Crippen LogP contribution >= 0.6 is 11.6 Å². The highest BCUT2D eigenvalue weighted by Crippen LogP contribution is 2.39. The minimum Gasteiger partial charge on any atom is -0.463 e. The SMILES string of the molecule is CC(=O)OC[C@H]1O[C@@H](n2cnc3c(C(F)(F)Cl)cc(C)nc32)[C@H](OC(C)=O)[C@@H]1OC(C)=O. The van der Waals surface area contributed by atoms with Crippen molar-refractivity contribution in [3.8, 4) is 0 Å². The maximum atomic E-state index is 13.9. The molecule has 13 heteroatoms. The first-order valence-corrected chi connectivity index (χ1v) is 9.81. The van der Waals surface area contributed by atoms with Crippen LogP contribution in [0.25, 0.3) is 11.2 Å². The van der Waals surface area contributed by atoms with E-state index in [4.69, 9.17) is 30.5 Å². The average Bonchev–Trinajstić information content (AvgIpc) is 3.19. The van der Waals surface area contributed by atoms with Crippen LogP contribution in [0.2, 0.25) is 0 Å². The van der Waals surface area contributed by atoms with Crippen LogP contribution in [0.15, 0.2) is 12.4 Å². The summed E-state index contributed by atoms with van der Waals surface area (Å²) in [5, 5.41) is -3.71. The van der Waals surface area contributed by atoms with E-state index in [-0.39, 0.29) is 23.5 Å². The number of halogens is 3. The van der Waals surface area contributed by atoms with E-state index in [0.29, 0.717) is 0 Å². The molecule has 1 fully saturated rings. The molecule has 3 heterocycles. The molecule has 174 valence electrons. The summed E-state index contributed by atoms with van der Waals surface area (Å²) in [6, 6.07) is 1.11. The number of rotatable bonds is 6. The van der Waals surface area contributed by atoms with E-state index in [1.165, 1.54) is 24.7 Å². The number of hydrogen-bond donors (Lipinski definition) is 0. The van der Waals surface area contributed by atoms with Crippen LogP contribution in [0.1, 0.15) is 38.3 Å². The van der Waals surface area contributed by atoms with Crippen molar-refractivity contribution in [2.45, 2.75) is 57.6 Å². The highest BCUT2D eigenvalue weighted by Gasteiger charge is 2.51. The monoisotopic (exact) mass is 475 g/mol. The van der Waals surface area contributed by atoms with Crippen LogP contribution in [0.3, 0.4) is 0 Å². The van der Waals surface area contributed by atoms with E-state index >= 15 is 0 Å². The summed E-state index contributed by atoms with van der Waals surface area (Å²) < 4.78 is 50.6. The molecule has 10 nitrogen and oxygen atoms in total. The van der Waals surface area contributed by atoms with Gasteiger partial charge in [-0.05, 0) is 24.6 Å². The van der Waals surface area contributed by atoms with Crippen LogP contribution in [-0.4, -0.2) is 57.4 Å². The van der Waals surface area contributed by atoms with E-state index in [2.05, 4.69) is 9.97 Å². The van der Waals surface area contributed by atoms with Crippen molar-refractivity contribution in [1.82, 2.24) is 14.5 Å². The number of aryl methyl sites for hydroxylation is 1. The summed E-state index contributed by atoms with van der Waals surface area (Å²) in [4.78, 5) is 42.9. The van der Waals surface area contributed by atoms with Gasteiger partial charge in [0, 0.05) is 26.5 Å². The first-order chi connectivity index (χ1) is 14.9. The van der Waals surface area contributed by atoms with Crippen molar-refractivity contribution in [3.63, 3.8) is 0 Å². The lowest BCUT2D eigenvalue weighted by Gasteiger charge is -2.23. The zero-order valence-electron chi connectivity index (χ0n) is 17.5. The molecular weight excluding hydrogens is 456 g/mol. The lowest BCUT2D eigenvalue weighted by molar-refractivity contribution is -0.166. The van der Waals surface area contributed by atoms with E-state index in [1.54, 1.807) is 0 Å². The standard InChI is InChI=1S/C19H20ClF2N3O7/c1-8-5-12(19(20,21)22)14-17(24-8)25(7-23-14)18-16(31-11(4)28)15(30-10(3)27)13(32-18)6-29-9(2)26/h5,7,13,15-16,18H,6H2,1-4H3/t13-,15-,16-,18-/m1/s1. The fourth-order valence-corrected chi connectivity index (χ4v) is 3.60. The molecule has 0 bridgehead atoms. The fraction of sp³-hybridized carbons (Fsp3) is 0.526. The van der Waals surface area contributed by atoms with Crippen molar-refractivity contribution < 1.29 is 42.1 Å². The Balaban J connectivity index is 2.10. The molecule has 4 atom stereocenters. The molecule has 0 aliphatic carbocycles. The Morgan fingerprint density at radius 3 is 2.34 bits per heavy atom. The van der Waals surface area contributed by atoms with Crippen molar-refractivity contribution in [2.24, 2.45) is 0 Å². The van der Waals surface area contributed by atoms with Crippen molar-refractivity contribution in [3.05, 3.63) is 23.7 Å². The first-order valence-electron chi connectivity index (χ1n) is 9.43. The number of fused-ring (bicyclic) bond motifs is 1. The number of esters is 3. The summed E-state index contributed by atoms with van der Waals surface area (Å²) in [6.07, 6.45) is -3.40. The number of ether oxygens (including phenoxy) is 4. The van der Waals surface area contributed by atoms with Gasteiger partial charge in [0.2, 0.25) is 0 Å². The molecule has 1 aliphatic rings.